The number of benzene rings is 2. The molecule has 2 aliphatic rings. The van der Waals surface area contributed by atoms with Crippen LogP contribution < -0.4 is 4.74 Å². The minimum atomic E-state index is -0.568. The number of rotatable bonds is 8. The van der Waals surface area contributed by atoms with Crippen molar-refractivity contribution in [3.63, 3.8) is 0 Å². The van der Waals surface area contributed by atoms with Crippen LogP contribution in [0.3, 0.4) is 0 Å². The highest BCUT2D eigenvalue weighted by molar-refractivity contribution is 6.18. The van der Waals surface area contributed by atoms with Gasteiger partial charge in [0.1, 0.15) is 11.6 Å². The summed E-state index contributed by atoms with van der Waals surface area (Å²) < 4.78 is 30.9. The van der Waals surface area contributed by atoms with Gasteiger partial charge < -0.3 is 24.1 Å². The van der Waals surface area contributed by atoms with Crippen molar-refractivity contribution in [1.82, 2.24) is 14.8 Å². The van der Waals surface area contributed by atoms with Crippen LogP contribution >= 0.6 is 0 Å². The Bertz CT molecular complexity index is 1440. The molecule has 0 radical (unpaired) electrons. The Balaban J connectivity index is 1.37. The topological polar surface area (TPSA) is 84.1 Å². The number of hydrogen-bond acceptors (Lipinski definition) is 6. The van der Waals surface area contributed by atoms with Crippen LogP contribution in [0.4, 0.5) is 4.39 Å². The molecule has 0 aliphatic carbocycles. The Morgan fingerprint density at radius 2 is 1.83 bits per heavy atom. The molecule has 1 saturated heterocycles. The minimum Gasteiger partial charge on any atom is -0.494 e. The summed E-state index contributed by atoms with van der Waals surface area (Å²) in [6.45, 7) is 12.9. The van der Waals surface area contributed by atoms with Crippen LogP contribution in [0.25, 0.3) is 16.5 Å². The second-order valence-corrected chi connectivity index (χ2v) is 11.6. The fourth-order valence-electron chi connectivity index (χ4n) is 5.57. The molecule has 8 nitrogen and oxygen atoms in total. The highest BCUT2D eigenvalue weighted by Crippen LogP contribution is 2.41. The average Bonchev–Trinajstić information content (AvgIpc) is 3.27. The molecule has 1 amide bonds. The maximum absolute atomic E-state index is 14.1. The molecule has 1 N–H and O–H groups in total. The number of nitrogens with one attached hydrogen (secondary N) is 1. The normalized spacial score (nSPS) is 17.2. The third kappa shape index (κ3) is 6.47. The molecule has 0 spiro atoms. The third-order valence-electron chi connectivity index (χ3n) is 7.47. The van der Waals surface area contributed by atoms with Gasteiger partial charge in [-0.3, -0.25) is 9.69 Å². The van der Waals surface area contributed by atoms with Crippen molar-refractivity contribution in [2.75, 3.05) is 46.0 Å². The lowest BCUT2D eigenvalue weighted by molar-refractivity contribution is -0.140. The number of esters is 1. The van der Waals surface area contributed by atoms with Crippen LogP contribution in [-0.4, -0.2) is 78.8 Å². The number of halogens is 1. The van der Waals surface area contributed by atoms with Crippen molar-refractivity contribution >= 4 is 28.4 Å². The second-order valence-electron chi connectivity index (χ2n) is 11.6. The molecule has 9 heteroatoms. The number of aromatic nitrogens is 1. The lowest BCUT2D eigenvalue weighted by atomic mass is 9.81. The van der Waals surface area contributed by atoms with Gasteiger partial charge in [-0.2, -0.15) is 0 Å². The third-order valence-corrected chi connectivity index (χ3v) is 7.47. The Kier molecular flexibility index (Phi) is 8.47. The van der Waals surface area contributed by atoms with E-state index >= 15 is 0 Å². The summed E-state index contributed by atoms with van der Waals surface area (Å²) in [6.07, 6.45) is 2.11. The molecule has 3 aromatic rings. The molecular formula is C32H38FN3O5. The number of carbonyl (C=O) groups excluding carboxylic acids is 2. The van der Waals surface area contributed by atoms with Crippen LogP contribution in [0, 0.1) is 5.82 Å². The standard InChI is InChI=1S/C32H38FN3O5/c1-21(2)41-31(38)26-19-36(20-32(3,4)28-25-11-8-23(33)18-27(25)34-29(26)28)30(37)22-6-9-24(10-7-22)40-15-5-12-35-13-16-39-17-14-35/h6-11,18-19,21,34H,5,12-17,20H2,1-4H3. The Hall–Kier alpha value is -3.69. The number of fused-ring (bicyclic) bond motifs is 3. The average molecular weight is 564 g/mol. The van der Waals surface area contributed by atoms with Gasteiger partial charge in [0.2, 0.25) is 0 Å². The summed E-state index contributed by atoms with van der Waals surface area (Å²) >= 11 is 0. The van der Waals surface area contributed by atoms with Crippen LogP contribution in [0.15, 0.2) is 48.7 Å². The van der Waals surface area contributed by atoms with Crippen LogP contribution in [0.1, 0.15) is 55.7 Å². The molecule has 41 heavy (non-hydrogen) atoms. The zero-order valence-corrected chi connectivity index (χ0v) is 24.2. The predicted molar refractivity (Wildman–Crippen MR) is 155 cm³/mol. The van der Waals surface area contributed by atoms with E-state index in [4.69, 9.17) is 14.2 Å². The number of aromatic amines is 1. The second kappa shape index (κ2) is 12.0. The maximum atomic E-state index is 14.1. The summed E-state index contributed by atoms with van der Waals surface area (Å²) in [5, 5.41) is 0.805. The van der Waals surface area contributed by atoms with Gasteiger partial charge in [-0.25, -0.2) is 9.18 Å². The number of morpholine rings is 1. The first-order valence-electron chi connectivity index (χ1n) is 14.2. The molecule has 0 unspecified atom stereocenters. The molecule has 2 aromatic carbocycles. The van der Waals surface area contributed by atoms with Crippen molar-refractivity contribution in [2.24, 2.45) is 0 Å². The van der Waals surface area contributed by atoms with E-state index < -0.39 is 11.4 Å². The van der Waals surface area contributed by atoms with E-state index in [9.17, 15) is 14.0 Å². The van der Waals surface area contributed by atoms with Crippen molar-refractivity contribution in [1.29, 1.82) is 0 Å². The van der Waals surface area contributed by atoms with E-state index in [0.717, 1.165) is 50.2 Å². The van der Waals surface area contributed by atoms with E-state index in [1.807, 2.05) is 13.8 Å². The smallest absolute Gasteiger partial charge is 0.342 e. The number of amides is 1. The molecule has 2 aliphatic heterocycles. The molecule has 3 heterocycles. The Labute approximate surface area is 240 Å². The van der Waals surface area contributed by atoms with Gasteiger partial charge in [0.15, 0.2) is 0 Å². The minimum absolute atomic E-state index is 0.226. The van der Waals surface area contributed by atoms with E-state index in [1.54, 1.807) is 55.3 Å². The first-order valence-corrected chi connectivity index (χ1v) is 14.2. The van der Waals surface area contributed by atoms with E-state index in [1.165, 1.54) is 12.1 Å². The summed E-state index contributed by atoms with van der Waals surface area (Å²) in [4.78, 5) is 34.2. The number of carbonyl (C=O) groups is 2. The SMILES string of the molecule is CC(C)OC(=O)C1=CN(C(=O)c2ccc(OCCCN3CCOCC3)cc2)CC(C)(C)c2c1[nH]c1cc(F)ccc21. The summed E-state index contributed by atoms with van der Waals surface area (Å²) in [5.41, 5.74) is 2.11. The van der Waals surface area contributed by atoms with Gasteiger partial charge in [-0.15, -0.1) is 0 Å². The monoisotopic (exact) mass is 563 g/mol. The van der Waals surface area contributed by atoms with Gasteiger partial charge in [0.25, 0.3) is 5.91 Å². The van der Waals surface area contributed by atoms with Crippen molar-refractivity contribution in [2.45, 2.75) is 45.6 Å². The molecular weight excluding hydrogens is 525 g/mol. The molecule has 218 valence electrons. The summed E-state index contributed by atoms with van der Waals surface area (Å²) in [7, 11) is 0. The first kappa shape index (κ1) is 28.8. The van der Waals surface area contributed by atoms with E-state index in [-0.39, 0.29) is 23.4 Å². The first-order chi connectivity index (χ1) is 19.6. The molecule has 0 atom stereocenters. The van der Waals surface area contributed by atoms with Crippen molar-refractivity contribution in [3.8, 4) is 5.75 Å². The van der Waals surface area contributed by atoms with Gasteiger partial charge in [-0.05, 0) is 68.3 Å². The lowest BCUT2D eigenvalue weighted by Crippen LogP contribution is -2.37. The highest BCUT2D eigenvalue weighted by atomic mass is 19.1. The molecule has 1 aromatic heterocycles. The summed E-state index contributed by atoms with van der Waals surface area (Å²) in [5.74, 6) is -0.467. The highest BCUT2D eigenvalue weighted by Gasteiger charge is 2.37. The predicted octanol–water partition coefficient (Wildman–Crippen LogP) is 5.13. The van der Waals surface area contributed by atoms with Crippen LogP contribution in [0.2, 0.25) is 0 Å². The number of ether oxygens (including phenoxy) is 3. The summed E-state index contributed by atoms with van der Waals surface area (Å²) in [6, 6.07) is 11.6. The van der Waals surface area contributed by atoms with E-state index in [0.29, 0.717) is 35.7 Å². The van der Waals surface area contributed by atoms with Crippen molar-refractivity contribution < 1.29 is 28.2 Å². The number of H-pyrrole nitrogens is 1. The van der Waals surface area contributed by atoms with Gasteiger partial charge in [0, 0.05) is 54.3 Å². The fraction of sp³-hybridized carbons (Fsp3) is 0.438. The van der Waals surface area contributed by atoms with Gasteiger partial charge >= 0.3 is 5.97 Å². The fourth-order valence-corrected chi connectivity index (χ4v) is 5.57. The Morgan fingerprint density at radius 3 is 2.54 bits per heavy atom. The zero-order valence-electron chi connectivity index (χ0n) is 24.2. The maximum Gasteiger partial charge on any atom is 0.342 e. The van der Waals surface area contributed by atoms with Crippen molar-refractivity contribution in [3.05, 3.63) is 71.3 Å². The quantitative estimate of drug-likeness (QED) is 0.302. The van der Waals surface area contributed by atoms with E-state index in [2.05, 4.69) is 9.88 Å². The molecule has 5 rings (SSSR count). The largest absolute Gasteiger partial charge is 0.494 e. The van der Waals surface area contributed by atoms with Gasteiger partial charge in [-0.1, -0.05) is 13.8 Å². The van der Waals surface area contributed by atoms with Crippen LogP contribution in [-0.2, 0) is 19.7 Å². The molecule has 0 bridgehead atoms. The van der Waals surface area contributed by atoms with Gasteiger partial charge in [0.05, 0.1) is 37.2 Å². The Morgan fingerprint density at radius 1 is 1.10 bits per heavy atom. The lowest BCUT2D eigenvalue weighted by Gasteiger charge is -2.29. The molecule has 0 saturated carbocycles. The number of hydrogen-bond donors (Lipinski definition) is 1. The number of nitrogens with zero attached hydrogens (tertiary/aromatic N) is 2. The molecule has 1 fully saturated rings. The zero-order chi connectivity index (χ0) is 29.1. The van der Waals surface area contributed by atoms with Crippen LogP contribution in [0.5, 0.6) is 5.75 Å².